The van der Waals surface area contributed by atoms with Crippen LogP contribution in [-0.2, 0) is 17.7 Å². The summed E-state index contributed by atoms with van der Waals surface area (Å²) in [5, 5.41) is 12.0. The van der Waals surface area contributed by atoms with E-state index in [1.807, 2.05) is 24.3 Å². The number of nitrogens with zero attached hydrogens (tertiary/aromatic N) is 4. The molecule has 2 aliphatic heterocycles. The summed E-state index contributed by atoms with van der Waals surface area (Å²) in [6.45, 7) is 3.48. The van der Waals surface area contributed by atoms with E-state index in [-0.39, 0.29) is 35.3 Å². The van der Waals surface area contributed by atoms with E-state index in [2.05, 4.69) is 21.3 Å². The maximum Gasteiger partial charge on any atom is 0.270 e. The van der Waals surface area contributed by atoms with Crippen molar-refractivity contribution in [3.63, 3.8) is 0 Å². The average Bonchev–Trinajstić information content (AvgIpc) is 3.05. The second-order valence-electron chi connectivity index (χ2n) is 11.2. The average molecular weight is 598 g/mol. The fourth-order valence-corrected chi connectivity index (χ4v) is 6.19. The summed E-state index contributed by atoms with van der Waals surface area (Å²) in [7, 11) is 0. The van der Waals surface area contributed by atoms with Gasteiger partial charge in [0.05, 0.1) is 17.2 Å². The molecule has 0 saturated carbocycles. The SMILES string of the molecule is C[S+]([O-])c1ccc(C(=O)C2CCN(C(=O)c3ccc(C(=O)NC4CCN(Cc5ccc(C#N)cc5)CC4)nc3)CC2)cc1. The van der Waals surface area contributed by atoms with Gasteiger partial charge in [0.15, 0.2) is 10.7 Å². The third-order valence-corrected chi connectivity index (χ3v) is 9.21. The van der Waals surface area contributed by atoms with Crippen LogP contribution in [0.25, 0.3) is 0 Å². The van der Waals surface area contributed by atoms with Crippen molar-refractivity contribution in [3.8, 4) is 6.07 Å². The maximum absolute atomic E-state index is 13.1. The highest BCUT2D eigenvalue weighted by Gasteiger charge is 2.29. The number of piperidine rings is 2. The van der Waals surface area contributed by atoms with Gasteiger partial charge in [-0.1, -0.05) is 12.1 Å². The van der Waals surface area contributed by atoms with Gasteiger partial charge in [-0.05, 0) is 91.0 Å². The standard InChI is InChI=1S/C33H35N5O4S/c1-43(42)29-9-6-25(7-10-29)31(39)26-12-18-38(19-13-26)33(41)27-8-11-30(35-21-27)32(40)36-28-14-16-37(17-15-28)22-24-4-2-23(20-34)3-5-24/h2-11,21,26,28H,12-19,22H2,1H3,(H,36,40). The number of benzene rings is 2. The molecule has 2 fully saturated rings. The molecular weight excluding hydrogens is 562 g/mol. The van der Waals surface area contributed by atoms with Crippen LogP contribution in [0.5, 0.6) is 0 Å². The Hall–Kier alpha value is -4.04. The van der Waals surface area contributed by atoms with E-state index < -0.39 is 11.2 Å². The Morgan fingerprint density at radius 1 is 0.930 bits per heavy atom. The number of rotatable bonds is 8. The highest BCUT2D eigenvalue weighted by atomic mass is 32.2. The Morgan fingerprint density at radius 3 is 2.16 bits per heavy atom. The summed E-state index contributed by atoms with van der Waals surface area (Å²) >= 11 is -1.09. The minimum Gasteiger partial charge on any atom is -0.612 e. The summed E-state index contributed by atoms with van der Waals surface area (Å²) in [4.78, 5) is 47.9. The topological polar surface area (TPSA) is 129 Å². The van der Waals surface area contributed by atoms with Crippen molar-refractivity contribution in [2.75, 3.05) is 32.4 Å². The van der Waals surface area contributed by atoms with Crippen LogP contribution in [-0.4, -0.2) is 75.4 Å². The normalized spacial score (nSPS) is 17.2. The van der Waals surface area contributed by atoms with Crippen molar-refractivity contribution < 1.29 is 18.9 Å². The van der Waals surface area contributed by atoms with Gasteiger partial charge in [-0.3, -0.25) is 24.3 Å². The van der Waals surface area contributed by atoms with Crippen LogP contribution in [0.15, 0.2) is 71.8 Å². The first-order valence-electron chi connectivity index (χ1n) is 14.6. The first-order chi connectivity index (χ1) is 20.8. The highest BCUT2D eigenvalue weighted by Crippen LogP contribution is 2.24. The lowest BCUT2D eigenvalue weighted by Crippen LogP contribution is -2.44. The molecule has 3 aromatic rings. The molecule has 10 heteroatoms. The Bertz CT molecular complexity index is 1470. The number of nitrogens with one attached hydrogen (secondary N) is 1. The van der Waals surface area contributed by atoms with Crippen molar-refractivity contribution in [2.24, 2.45) is 5.92 Å². The van der Waals surface area contributed by atoms with Gasteiger partial charge in [-0.2, -0.15) is 5.26 Å². The number of amides is 2. The number of Topliss-reactive ketones (excluding diaryl/α,β-unsaturated/α-hetero) is 1. The number of carbonyl (C=O) groups excluding carboxylic acids is 3. The van der Waals surface area contributed by atoms with Crippen molar-refractivity contribution in [2.45, 2.75) is 43.2 Å². The number of pyridine rings is 1. The van der Waals surface area contributed by atoms with Crippen LogP contribution < -0.4 is 5.32 Å². The molecule has 0 aliphatic carbocycles. The molecule has 222 valence electrons. The lowest BCUT2D eigenvalue weighted by Gasteiger charge is -2.32. The quantitative estimate of drug-likeness (QED) is 0.309. The van der Waals surface area contributed by atoms with Gasteiger partial charge < -0.3 is 14.8 Å². The van der Waals surface area contributed by atoms with Gasteiger partial charge in [0.2, 0.25) is 0 Å². The maximum atomic E-state index is 13.1. The molecule has 3 heterocycles. The van der Waals surface area contributed by atoms with Gasteiger partial charge in [-0.25, -0.2) is 0 Å². The molecule has 43 heavy (non-hydrogen) atoms. The van der Waals surface area contributed by atoms with Crippen LogP contribution in [0.4, 0.5) is 0 Å². The van der Waals surface area contributed by atoms with Crippen LogP contribution in [0.1, 0.15) is 68.0 Å². The fraction of sp³-hybridized carbons (Fsp3) is 0.364. The number of nitriles is 1. The predicted molar refractivity (Wildman–Crippen MR) is 163 cm³/mol. The van der Waals surface area contributed by atoms with E-state index in [9.17, 15) is 18.9 Å². The van der Waals surface area contributed by atoms with E-state index in [0.717, 1.165) is 38.0 Å². The first-order valence-corrected chi connectivity index (χ1v) is 16.1. The molecule has 2 aromatic carbocycles. The lowest BCUT2D eigenvalue weighted by atomic mass is 9.88. The first kappa shape index (κ1) is 30.4. The smallest absolute Gasteiger partial charge is 0.270 e. The van der Waals surface area contributed by atoms with Gasteiger partial charge >= 0.3 is 0 Å². The van der Waals surface area contributed by atoms with Crippen LogP contribution >= 0.6 is 0 Å². The van der Waals surface area contributed by atoms with Gasteiger partial charge in [0.1, 0.15) is 11.9 Å². The molecule has 9 nitrogen and oxygen atoms in total. The number of aromatic nitrogens is 1. The third kappa shape index (κ3) is 7.68. The molecule has 0 bridgehead atoms. The predicted octanol–water partition coefficient (Wildman–Crippen LogP) is 3.82. The molecular formula is C33H35N5O4S. The molecule has 0 radical (unpaired) electrons. The van der Waals surface area contributed by atoms with Crippen molar-refractivity contribution >= 4 is 28.8 Å². The molecule has 2 amide bonds. The molecule has 2 aliphatic rings. The summed E-state index contributed by atoms with van der Waals surface area (Å²) in [6.07, 6.45) is 5.88. The number of likely N-dealkylation sites (tertiary alicyclic amines) is 2. The minimum absolute atomic E-state index is 0.0505. The van der Waals surface area contributed by atoms with E-state index >= 15 is 0 Å². The summed E-state index contributed by atoms with van der Waals surface area (Å²) in [5.74, 6) is -0.513. The fourth-order valence-electron chi connectivity index (χ4n) is 5.67. The van der Waals surface area contributed by atoms with Gasteiger partial charge in [0.25, 0.3) is 11.8 Å². The van der Waals surface area contributed by atoms with E-state index in [1.165, 1.54) is 6.20 Å². The molecule has 1 atom stereocenters. The second kappa shape index (κ2) is 14.0. The number of ketones is 1. The van der Waals surface area contributed by atoms with E-state index in [1.54, 1.807) is 47.6 Å². The zero-order chi connectivity index (χ0) is 30.3. The summed E-state index contributed by atoms with van der Waals surface area (Å²) in [5.41, 5.74) is 3.11. The van der Waals surface area contributed by atoms with Crippen LogP contribution in [0.2, 0.25) is 0 Å². The zero-order valence-electron chi connectivity index (χ0n) is 24.2. The zero-order valence-corrected chi connectivity index (χ0v) is 25.0. The Balaban J connectivity index is 1.06. The largest absolute Gasteiger partial charge is 0.612 e. The van der Waals surface area contributed by atoms with Crippen LogP contribution in [0, 0.1) is 17.2 Å². The Morgan fingerprint density at radius 2 is 1.58 bits per heavy atom. The van der Waals surface area contributed by atoms with Crippen LogP contribution in [0.3, 0.4) is 0 Å². The van der Waals surface area contributed by atoms with Gasteiger partial charge in [-0.15, -0.1) is 0 Å². The molecule has 0 spiro atoms. The molecule has 1 N–H and O–H groups in total. The molecule has 1 unspecified atom stereocenters. The lowest BCUT2D eigenvalue weighted by molar-refractivity contribution is 0.0649. The van der Waals surface area contributed by atoms with E-state index in [4.69, 9.17) is 5.26 Å². The Labute approximate surface area is 255 Å². The number of hydrogen-bond donors (Lipinski definition) is 1. The van der Waals surface area contributed by atoms with Gasteiger partial charge in [0, 0.05) is 56.4 Å². The molecule has 1 aromatic heterocycles. The van der Waals surface area contributed by atoms with Crippen molar-refractivity contribution in [1.29, 1.82) is 5.26 Å². The van der Waals surface area contributed by atoms with Crippen molar-refractivity contribution in [1.82, 2.24) is 20.1 Å². The number of hydrogen-bond acceptors (Lipinski definition) is 7. The third-order valence-electron chi connectivity index (χ3n) is 8.28. The monoisotopic (exact) mass is 597 g/mol. The summed E-state index contributed by atoms with van der Waals surface area (Å²) < 4.78 is 11.6. The second-order valence-corrected chi connectivity index (χ2v) is 12.6. The summed E-state index contributed by atoms with van der Waals surface area (Å²) in [6, 6.07) is 20.0. The van der Waals surface area contributed by atoms with Crippen molar-refractivity contribution in [3.05, 3.63) is 94.8 Å². The highest BCUT2D eigenvalue weighted by molar-refractivity contribution is 7.90. The number of carbonyl (C=O) groups is 3. The van der Waals surface area contributed by atoms with E-state index in [0.29, 0.717) is 47.5 Å². The Kier molecular flexibility index (Phi) is 9.87. The molecule has 5 rings (SSSR count). The minimum atomic E-state index is -1.09. The molecule has 2 saturated heterocycles.